The smallest absolute Gasteiger partial charge is 0.252 e. The number of thiazole rings is 1. The van der Waals surface area contributed by atoms with E-state index in [0.717, 1.165) is 11.0 Å². The van der Waals surface area contributed by atoms with Crippen LogP contribution in [-0.2, 0) is 14.4 Å². The highest BCUT2D eigenvalue weighted by molar-refractivity contribution is 7.07. The Morgan fingerprint density at radius 2 is 1.95 bits per heavy atom. The van der Waals surface area contributed by atoms with Gasteiger partial charge in [0.2, 0.25) is 11.8 Å². The van der Waals surface area contributed by atoms with Gasteiger partial charge in [0, 0.05) is 47.0 Å². The zero-order chi connectivity index (χ0) is 27.0. The fraction of sp³-hybridized carbons (Fsp3) is 0.308. The summed E-state index contributed by atoms with van der Waals surface area (Å²) in [5.41, 5.74) is 1.80. The highest BCUT2D eigenvalue weighted by Crippen LogP contribution is 2.39. The monoisotopic (exact) mass is 562 g/mol. The molecule has 2 fully saturated rings. The van der Waals surface area contributed by atoms with E-state index in [9.17, 15) is 27.6 Å². The van der Waals surface area contributed by atoms with E-state index in [1.54, 1.807) is 23.6 Å². The Balaban J connectivity index is 1.59. The van der Waals surface area contributed by atoms with E-state index in [1.165, 1.54) is 46.0 Å². The zero-order valence-corrected chi connectivity index (χ0v) is 21.4. The van der Waals surface area contributed by atoms with Gasteiger partial charge in [0.25, 0.3) is 11.8 Å². The van der Waals surface area contributed by atoms with Crippen molar-refractivity contribution in [3.05, 3.63) is 75.8 Å². The van der Waals surface area contributed by atoms with Crippen molar-refractivity contribution in [3.8, 4) is 0 Å². The maximum atomic E-state index is 14.4. The first-order valence-corrected chi connectivity index (χ1v) is 13.2. The molecule has 1 aliphatic heterocycles. The van der Waals surface area contributed by atoms with Crippen LogP contribution in [-0.4, -0.2) is 40.7 Å². The van der Waals surface area contributed by atoms with Gasteiger partial charge in [-0.25, -0.2) is 18.2 Å². The van der Waals surface area contributed by atoms with Gasteiger partial charge in [-0.1, -0.05) is 35.9 Å². The molecule has 1 aromatic heterocycles. The lowest BCUT2D eigenvalue weighted by Crippen LogP contribution is -2.56. The summed E-state index contributed by atoms with van der Waals surface area (Å²) in [6.07, 6.45) is -0.842. The van der Waals surface area contributed by atoms with Gasteiger partial charge < -0.3 is 5.32 Å². The lowest BCUT2D eigenvalue weighted by atomic mass is 9.87. The Labute approximate surface area is 225 Å². The van der Waals surface area contributed by atoms with Crippen LogP contribution in [0.3, 0.4) is 0 Å². The number of alkyl halides is 2. The van der Waals surface area contributed by atoms with E-state index >= 15 is 0 Å². The SMILES string of the molecule is O=C(NC1CC(F)(F)C1)[C@@H](c1ccccc1Cl)N(C(=O)[C@@H]1CCC(=O)N1c1cscn1)c1cccc(F)c1. The third-order valence-corrected chi connectivity index (χ3v) is 7.55. The number of rotatable bonds is 7. The summed E-state index contributed by atoms with van der Waals surface area (Å²) in [5, 5.41) is 4.38. The van der Waals surface area contributed by atoms with E-state index in [-0.39, 0.29) is 35.0 Å². The van der Waals surface area contributed by atoms with Crippen molar-refractivity contribution in [1.29, 1.82) is 0 Å². The first-order valence-electron chi connectivity index (χ1n) is 11.9. The molecule has 2 heterocycles. The summed E-state index contributed by atoms with van der Waals surface area (Å²) in [6, 6.07) is 8.20. The minimum Gasteiger partial charge on any atom is -0.351 e. The topological polar surface area (TPSA) is 82.6 Å². The minimum absolute atomic E-state index is 0.0478. The Morgan fingerprint density at radius 1 is 1.18 bits per heavy atom. The third-order valence-electron chi connectivity index (χ3n) is 6.63. The predicted octanol–water partition coefficient (Wildman–Crippen LogP) is 5.12. The molecule has 12 heteroatoms. The number of aromatic nitrogens is 1. The number of amides is 3. The second-order valence-corrected chi connectivity index (χ2v) is 10.4. The van der Waals surface area contributed by atoms with Crippen LogP contribution >= 0.6 is 22.9 Å². The molecule has 3 aromatic rings. The number of anilines is 2. The lowest BCUT2D eigenvalue weighted by molar-refractivity contribution is -0.133. The molecule has 0 bridgehead atoms. The molecule has 2 atom stereocenters. The van der Waals surface area contributed by atoms with Crippen LogP contribution in [0.5, 0.6) is 0 Å². The Morgan fingerprint density at radius 3 is 2.61 bits per heavy atom. The summed E-state index contributed by atoms with van der Waals surface area (Å²) in [5.74, 6) is -4.96. The molecule has 3 amide bonds. The van der Waals surface area contributed by atoms with Gasteiger partial charge in [-0.15, -0.1) is 11.3 Å². The van der Waals surface area contributed by atoms with Gasteiger partial charge in [-0.3, -0.25) is 24.2 Å². The van der Waals surface area contributed by atoms with Crippen molar-refractivity contribution in [2.24, 2.45) is 0 Å². The maximum absolute atomic E-state index is 14.4. The van der Waals surface area contributed by atoms with Gasteiger partial charge in [0.1, 0.15) is 23.7 Å². The fourth-order valence-electron chi connectivity index (χ4n) is 4.86. The largest absolute Gasteiger partial charge is 0.351 e. The van der Waals surface area contributed by atoms with Crippen LogP contribution in [0.4, 0.5) is 24.7 Å². The molecule has 198 valence electrons. The van der Waals surface area contributed by atoms with E-state index in [0.29, 0.717) is 5.82 Å². The van der Waals surface area contributed by atoms with Crippen molar-refractivity contribution < 1.29 is 27.6 Å². The molecule has 38 heavy (non-hydrogen) atoms. The van der Waals surface area contributed by atoms with Crippen molar-refractivity contribution in [2.75, 3.05) is 9.80 Å². The van der Waals surface area contributed by atoms with Crippen molar-refractivity contribution in [3.63, 3.8) is 0 Å². The molecular weight excluding hydrogens is 541 g/mol. The van der Waals surface area contributed by atoms with Crippen LogP contribution in [0.2, 0.25) is 5.02 Å². The van der Waals surface area contributed by atoms with E-state index < -0.39 is 54.5 Å². The standard InChI is InChI=1S/C26H22ClF3N4O3S/c27-19-7-2-1-6-18(19)23(24(36)32-16-11-26(29,30)12-16)33(17-5-3-4-15(28)10-17)25(37)20-8-9-22(35)34(20)21-13-38-14-31-21/h1-7,10,13-14,16,20,23H,8-9,11-12H2,(H,32,36)/t20-,23+/m0/s1. The summed E-state index contributed by atoms with van der Waals surface area (Å²) in [7, 11) is 0. The number of carbonyl (C=O) groups excluding carboxylic acids is 3. The maximum Gasteiger partial charge on any atom is 0.252 e. The Hall–Kier alpha value is -3.44. The number of carbonyl (C=O) groups is 3. The fourth-order valence-corrected chi connectivity index (χ4v) is 5.62. The molecule has 1 saturated carbocycles. The van der Waals surface area contributed by atoms with Gasteiger partial charge in [0.05, 0.1) is 5.51 Å². The quantitative estimate of drug-likeness (QED) is 0.433. The lowest BCUT2D eigenvalue weighted by Gasteiger charge is -2.39. The Kier molecular flexibility index (Phi) is 7.15. The number of hydrogen-bond acceptors (Lipinski definition) is 5. The van der Waals surface area contributed by atoms with Crippen LogP contribution in [0.1, 0.15) is 37.3 Å². The van der Waals surface area contributed by atoms with E-state index in [1.807, 2.05) is 0 Å². The Bertz CT molecular complexity index is 1370. The molecule has 7 nitrogen and oxygen atoms in total. The number of benzene rings is 2. The van der Waals surface area contributed by atoms with Crippen LogP contribution in [0, 0.1) is 5.82 Å². The number of halogens is 4. The van der Waals surface area contributed by atoms with Gasteiger partial charge in [-0.2, -0.15) is 0 Å². The van der Waals surface area contributed by atoms with E-state index in [2.05, 4.69) is 10.3 Å². The molecule has 1 saturated heterocycles. The molecule has 0 radical (unpaired) electrons. The van der Waals surface area contributed by atoms with Crippen LogP contribution in [0.15, 0.2) is 59.4 Å². The number of nitrogens with one attached hydrogen (secondary N) is 1. The molecule has 0 spiro atoms. The second-order valence-electron chi connectivity index (χ2n) is 9.25. The van der Waals surface area contributed by atoms with Crippen LogP contribution in [0.25, 0.3) is 0 Å². The van der Waals surface area contributed by atoms with Crippen molar-refractivity contribution in [1.82, 2.24) is 10.3 Å². The second kappa shape index (κ2) is 10.4. The molecule has 0 unspecified atom stereocenters. The summed E-state index contributed by atoms with van der Waals surface area (Å²) >= 11 is 7.72. The summed E-state index contributed by atoms with van der Waals surface area (Å²) in [4.78, 5) is 47.3. The minimum atomic E-state index is -2.88. The van der Waals surface area contributed by atoms with Crippen LogP contribution < -0.4 is 15.1 Å². The average molecular weight is 563 g/mol. The van der Waals surface area contributed by atoms with E-state index in [4.69, 9.17) is 11.6 Å². The van der Waals surface area contributed by atoms with Gasteiger partial charge >= 0.3 is 0 Å². The zero-order valence-electron chi connectivity index (χ0n) is 19.8. The first-order chi connectivity index (χ1) is 18.1. The highest BCUT2D eigenvalue weighted by atomic mass is 35.5. The van der Waals surface area contributed by atoms with Gasteiger partial charge in [-0.05, 0) is 30.7 Å². The third kappa shape index (κ3) is 5.12. The number of nitrogens with zero attached hydrogens (tertiary/aromatic N) is 3. The summed E-state index contributed by atoms with van der Waals surface area (Å²) in [6.45, 7) is 0. The van der Waals surface area contributed by atoms with Crippen molar-refractivity contribution in [2.45, 2.75) is 49.7 Å². The molecule has 2 aromatic carbocycles. The molecule has 5 rings (SSSR count). The highest BCUT2D eigenvalue weighted by Gasteiger charge is 2.48. The number of hydrogen-bond donors (Lipinski definition) is 1. The summed E-state index contributed by atoms with van der Waals surface area (Å²) < 4.78 is 41.5. The molecule has 1 aliphatic carbocycles. The molecular formula is C26H22ClF3N4O3S. The first kappa shape index (κ1) is 26.2. The predicted molar refractivity (Wildman–Crippen MR) is 137 cm³/mol. The van der Waals surface area contributed by atoms with Gasteiger partial charge in [0.15, 0.2) is 0 Å². The molecule has 2 aliphatic rings. The van der Waals surface area contributed by atoms with Crippen molar-refractivity contribution >= 4 is 52.2 Å². The normalized spacial score (nSPS) is 19.6. The molecule has 1 N–H and O–H groups in total. The average Bonchev–Trinajstić information content (AvgIpc) is 3.51.